The van der Waals surface area contributed by atoms with Crippen LogP contribution in [-0.2, 0) is 0 Å². The molecular formula is C7H7N5O. The molecule has 0 bridgehead atoms. The normalized spacial score (nSPS) is 8.69. The highest BCUT2D eigenvalue weighted by atomic mass is 16.2. The smallest absolute Gasteiger partial charge is 0.265 e. The lowest BCUT2D eigenvalue weighted by Crippen LogP contribution is -2.29. The summed E-state index contributed by atoms with van der Waals surface area (Å²) in [4.78, 5) is 13.7. The predicted molar refractivity (Wildman–Crippen MR) is 46.9 cm³/mol. The van der Waals surface area contributed by atoms with E-state index >= 15 is 0 Å². The molecule has 0 aliphatic rings. The van der Waals surface area contributed by atoms with Crippen LogP contribution >= 0.6 is 0 Å². The fraction of sp³-hybridized carbons (Fsp3) is 0. The molecule has 6 nitrogen and oxygen atoms in total. The number of amides is 1. The number of carbonyl (C=O) groups excluding carboxylic acids is 1. The molecule has 66 valence electrons. The van der Waals surface area contributed by atoms with E-state index in [2.05, 4.69) is 10.0 Å². The molecule has 1 aromatic rings. The van der Waals surface area contributed by atoms with E-state index in [0.717, 1.165) is 0 Å². The second-order valence-electron chi connectivity index (χ2n) is 2.18. The minimum Gasteiger partial charge on any atom is -0.290 e. The van der Waals surface area contributed by atoms with E-state index in [1.165, 1.54) is 12.1 Å². The van der Waals surface area contributed by atoms with Gasteiger partial charge in [-0.25, -0.2) is 5.84 Å². The first kappa shape index (κ1) is 9.05. The molecule has 0 saturated carbocycles. The molecule has 0 spiro atoms. The van der Waals surface area contributed by atoms with Crippen molar-refractivity contribution >= 4 is 11.6 Å². The standard InChI is InChI=1S/C7H7N5O/c8-10-7(13)5-3-1-2-4-6(5)11-12-9/h1-4H,8H2,(H,10,13). The zero-order chi connectivity index (χ0) is 9.68. The van der Waals surface area contributed by atoms with E-state index in [9.17, 15) is 4.79 Å². The van der Waals surface area contributed by atoms with Gasteiger partial charge in [-0.2, -0.15) is 0 Å². The van der Waals surface area contributed by atoms with Crippen LogP contribution in [0.15, 0.2) is 29.4 Å². The molecule has 0 atom stereocenters. The summed E-state index contributed by atoms with van der Waals surface area (Å²) in [6, 6.07) is 6.37. The summed E-state index contributed by atoms with van der Waals surface area (Å²) < 4.78 is 0. The first-order valence-electron chi connectivity index (χ1n) is 3.44. The maximum Gasteiger partial charge on any atom is 0.265 e. The van der Waals surface area contributed by atoms with Gasteiger partial charge in [-0.15, -0.1) is 0 Å². The van der Waals surface area contributed by atoms with E-state index in [0.29, 0.717) is 0 Å². The van der Waals surface area contributed by atoms with Crippen molar-refractivity contribution in [1.82, 2.24) is 5.43 Å². The Bertz CT molecular complexity index is 369. The number of nitrogens with one attached hydrogen (secondary N) is 1. The van der Waals surface area contributed by atoms with Crippen molar-refractivity contribution in [3.8, 4) is 0 Å². The highest BCUT2D eigenvalue weighted by Crippen LogP contribution is 2.17. The van der Waals surface area contributed by atoms with Gasteiger partial charge < -0.3 is 0 Å². The number of hydrogen-bond donors (Lipinski definition) is 2. The van der Waals surface area contributed by atoms with E-state index in [1.54, 1.807) is 12.1 Å². The summed E-state index contributed by atoms with van der Waals surface area (Å²) in [5.74, 6) is 4.45. The number of carbonyl (C=O) groups is 1. The van der Waals surface area contributed by atoms with Crippen LogP contribution in [0.5, 0.6) is 0 Å². The third-order valence-corrected chi connectivity index (χ3v) is 1.43. The molecule has 0 aliphatic heterocycles. The van der Waals surface area contributed by atoms with E-state index in [4.69, 9.17) is 11.4 Å². The molecule has 0 aromatic heterocycles. The van der Waals surface area contributed by atoms with Gasteiger partial charge in [-0.3, -0.25) is 10.2 Å². The SMILES string of the molecule is [N-]=[N+]=Nc1ccccc1C(=O)NN. The number of benzene rings is 1. The average molecular weight is 177 g/mol. The van der Waals surface area contributed by atoms with Crippen molar-refractivity contribution in [3.63, 3.8) is 0 Å². The molecule has 0 aliphatic carbocycles. The van der Waals surface area contributed by atoms with Crippen molar-refractivity contribution in [1.29, 1.82) is 0 Å². The Morgan fingerprint density at radius 2 is 2.23 bits per heavy atom. The Balaban J connectivity index is 3.18. The van der Waals surface area contributed by atoms with E-state index in [-0.39, 0.29) is 11.3 Å². The zero-order valence-electron chi connectivity index (χ0n) is 6.64. The maximum absolute atomic E-state index is 11.1. The van der Waals surface area contributed by atoms with Gasteiger partial charge in [0.25, 0.3) is 5.91 Å². The van der Waals surface area contributed by atoms with Gasteiger partial charge in [0.15, 0.2) is 0 Å². The number of hydrogen-bond acceptors (Lipinski definition) is 3. The summed E-state index contributed by atoms with van der Waals surface area (Å²) in [5, 5.41) is 3.34. The highest BCUT2D eigenvalue weighted by Gasteiger charge is 2.06. The number of hydrazine groups is 1. The van der Waals surface area contributed by atoms with Gasteiger partial charge in [-0.1, -0.05) is 23.3 Å². The molecule has 1 rings (SSSR count). The monoisotopic (exact) mass is 177 g/mol. The molecule has 0 fully saturated rings. The maximum atomic E-state index is 11.1. The molecule has 3 N–H and O–H groups in total. The summed E-state index contributed by atoms with van der Waals surface area (Å²) in [7, 11) is 0. The molecule has 0 saturated heterocycles. The number of rotatable bonds is 2. The zero-order valence-corrected chi connectivity index (χ0v) is 6.64. The molecule has 1 amide bonds. The highest BCUT2D eigenvalue weighted by molar-refractivity contribution is 5.98. The Kier molecular flexibility index (Phi) is 2.86. The molecule has 0 radical (unpaired) electrons. The van der Waals surface area contributed by atoms with Crippen molar-refractivity contribution in [3.05, 3.63) is 40.3 Å². The Morgan fingerprint density at radius 3 is 2.85 bits per heavy atom. The molecule has 13 heavy (non-hydrogen) atoms. The molecular weight excluding hydrogens is 170 g/mol. The van der Waals surface area contributed by atoms with Crippen LogP contribution in [0.4, 0.5) is 5.69 Å². The fourth-order valence-corrected chi connectivity index (χ4v) is 0.879. The molecule has 0 heterocycles. The average Bonchev–Trinajstić information content (AvgIpc) is 2.18. The predicted octanol–water partition coefficient (Wildman–Crippen LogP) is 1.23. The molecule has 0 unspecified atom stereocenters. The van der Waals surface area contributed by atoms with Gasteiger partial charge in [0, 0.05) is 4.91 Å². The Labute approximate surface area is 74.0 Å². The fourth-order valence-electron chi connectivity index (χ4n) is 0.879. The Hall–Kier alpha value is -2.04. The first-order valence-corrected chi connectivity index (χ1v) is 3.44. The largest absolute Gasteiger partial charge is 0.290 e. The quantitative estimate of drug-likeness (QED) is 0.177. The summed E-state index contributed by atoms with van der Waals surface area (Å²) in [6.45, 7) is 0. The molecule has 1 aromatic carbocycles. The van der Waals surface area contributed by atoms with Crippen molar-refractivity contribution < 1.29 is 4.79 Å². The van der Waals surface area contributed by atoms with Crippen LogP contribution in [0.1, 0.15) is 10.4 Å². The number of azide groups is 1. The van der Waals surface area contributed by atoms with Gasteiger partial charge in [0.05, 0.1) is 11.3 Å². The van der Waals surface area contributed by atoms with Crippen molar-refractivity contribution in [2.45, 2.75) is 0 Å². The van der Waals surface area contributed by atoms with Crippen LogP contribution in [0.3, 0.4) is 0 Å². The summed E-state index contributed by atoms with van der Waals surface area (Å²) in [6.07, 6.45) is 0. The summed E-state index contributed by atoms with van der Waals surface area (Å²) in [5.41, 5.74) is 10.7. The van der Waals surface area contributed by atoms with Gasteiger partial charge in [0.2, 0.25) is 0 Å². The summed E-state index contributed by atoms with van der Waals surface area (Å²) >= 11 is 0. The third kappa shape index (κ3) is 1.96. The topological polar surface area (TPSA) is 104 Å². The lowest BCUT2D eigenvalue weighted by molar-refractivity contribution is 0.0954. The van der Waals surface area contributed by atoms with Crippen molar-refractivity contribution in [2.75, 3.05) is 0 Å². The second kappa shape index (κ2) is 4.10. The number of nitrogen functional groups attached to an aromatic ring is 1. The minimum absolute atomic E-state index is 0.253. The first-order chi connectivity index (χ1) is 6.29. The van der Waals surface area contributed by atoms with Crippen LogP contribution in [0, 0.1) is 0 Å². The van der Waals surface area contributed by atoms with Crippen molar-refractivity contribution in [2.24, 2.45) is 11.0 Å². The van der Waals surface area contributed by atoms with Gasteiger partial charge in [0.1, 0.15) is 0 Å². The van der Waals surface area contributed by atoms with Gasteiger partial charge >= 0.3 is 0 Å². The third-order valence-electron chi connectivity index (χ3n) is 1.43. The second-order valence-corrected chi connectivity index (χ2v) is 2.18. The van der Waals surface area contributed by atoms with Crippen LogP contribution in [0.2, 0.25) is 0 Å². The number of nitrogens with two attached hydrogens (primary N) is 1. The van der Waals surface area contributed by atoms with Crippen LogP contribution in [-0.4, -0.2) is 5.91 Å². The lowest BCUT2D eigenvalue weighted by Gasteiger charge is -2.01. The van der Waals surface area contributed by atoms with E-state index < -0.39 is 5.91 Å². The molecule has 6 heteroatoms. The van der Waals surface area contributed by atoms with Gasteiger partial charge in [-0.05, 0) is 11.6 Å². The number of nitrogens with zero attached hydrogens (tertiary/aromatic N) is 3. The Morgan fingerprint density at radius 1 is 1.54 bits per heavy atom. The van der Waals surface area contributed by atoms with Crippen LogP contribution < -0.4 is 11.3 Å². The van der Waals surface area contributed by atoms with Crippen LogP contribution in [0.25, 0.3) is 10.4 Å². The lowest BCUT2D eigenvalue weighted by atomic mass is 10.2. The van der Waals surface area contributed by atoms with E-state index in [1.807, 2.05) is 5.43 Å². The minimum atomic E-state index is -0.483.